The number of aromatic nitrogens is 3. The summed E-state index contributed by atoms with van der Waals surface area (Å²) in [5.41, 5.74) is 1.18. The number of hydrogen-bond acceptors (Lipinski definition) is 5. The quantitative estimate of drug-likeness (QED) is 0.730. The fourth-order valence-electron chi connectivity index (χ4n) is 3.52. The summed E-state index contributed by atoms with van der Waals surface area (Å²) in [7, 11) is 0. The third kappa shape index (κ3) is 4.26. The lowest BCUT2D eigenvalue weighted by Crippen LogP contribution is -2.34. The minimum Gasteiger partial charge on any atom is -0.311 e. The van der Waals surface area contributed by atoms with E-state index in [1.807, 2.05) is 35.1 Å². The number of rotatable bonds is 5. The summed E-state index contributed by atoms with van der Waals surface area (Å²) in [5.74, 6) is 0.726. The summed E-state index contributed by atoms with van der Waals surface area (Å²) in [6, 6.07) is 12.5. The molecule has 1 saturated heterocycles. The Balaban J connectivity index is 1.34. The van der Waals surface area contributed by atoms with Crippen LogP contribution in [0.5, 0.6) is 0 Å². The Morgan fingerprint density at radius 2 is 2.00 bits per heavy atom. The van der Waals surface area contributed by atoms with Crippen LogP contribution in [-0.2, 0) is 11.3 Å². The van der Waals surface area contributed by atoms with E-state index in [0.29, 0.717) is 6.04 Å². The van der Waals surface area contributed by atoms with E-state index in [-0.39, 0.29) is 5.91 Å². The van der Waals surface area contributed by atoms with Crippen molar-refractivity contribution in [2.24, 2.45) is 0 Å². The van der Waals surface area contributed by atoms with Crippen LogP contribution in [0.1, 0.15) is 30.7 Å². The second kappa shape index (κ2) is 8.02. The molecule has 0 unspecified atom stereocenters. The van der Waals surface area contributed by atoms with Crippen LogP contribution in [0.2, 0.25) is 0 Å². The fraction of sp³-hybridized carbons (Fsp3) is 0.350. The number of nitrogens with zero attached hydrogens (tertiary/aromatic N) is 4. The Morgan fingerprint density at radius 3 is 2.74 bits per heavy atom. The smallest absolute Gasteiger partial charge is 0.222 e. The molecule has 0 aliphatic carbocycles. The van der Waals surface area contributed by atoms with Gasteiger partial charge >= 0.3 is 0 Å². The highest BCUT2D eigenvalue weighted by atomic mass is 32.1. The number of amides is 1. The highest BCUT2D eigenvalue weighted by Gasteiger charge is 2.23. The van der Waals surface area contributed by atoms with Gasteiger partial charge in [-0.25, -0.2) is 9.67 Å². The molecule has 0 bridgehead atoms. The highest BCUT2D eigenvalue weighted by molar-refractivity contribution is 7.15. The molecule has 140 valence electrons. The largest absolute Gasteiger partial charge is 0.311 e. The van der Waals surface area contributed by atoms with Gasteiger partial charge in [-0.05, 0) is 12.8 Å². The van der Waals surface area contributed by atoms with Gasteiger partial charge in [0.05, 0.1) is 12.2 Å². The van der Waals surface area contributed by atoms with Crippen molar-refractivity contribution >= 4 is 23.1 Å². The average Bonchev–Trinajstić information content (AvgIpc) is 3.32. The van der Waals surface area contributed by atoms with Crippen LogP contribution >= 0.6 is 11.3 Å². The molecule has 1 aliphatic heterocycles. The third-order valence-electron chi connectivity index (χ3n) is 4.83. The molecule has 2 aromatic heterocycles. The molecule has 0 saturated carbocycles. The Labute approximate surface area is 162 Å². The van der Waals surface area contributed by atoms with Crippen LogP contribution in [0.25, 0.3) is 10.6 Å². The first-order valence-corrected chi connectivity index (χ1v) is 10.0. The predicted molar refractivity (Wildman–Crippen MR) is 108 cm³/mol. The second-order valence-electron chi connectivity index (χ2n) is 6.85. The predicted octanol–water partition coefficient (Wildman–Crippen LogP) is 3.80. The normalized spacial score (nSPS) is 15.7. The van der Waals surface area contributed by atoms with Gasteiger partial charge in [0.2, 0.25) is 5.91 Å². The minimum absolute atomic E-state index is 0.0615. The molecule has 4 rings (SSSR count). The lowest BCUT2D eigenvalue weighted by molar-refractivity contribution is -0.114. The van der Waals surface area contributed by atoms with E-state index in [9.17, 15) is 4.79 Å². The molecule has 1 amide bonds. The number of nitrogens with one attached hydrogen (secondary N) is 1. The summed E-state index contributed by atoms with van der Waals surface area (Å²) < 4.78 is 1.96. The SMILES string of the molecule is CC(=O)Nc1ccnn1C1CCN(Cc2cnc(-c3ccccc3)s2)CC1. The van der Waals surface area contributed by atoms with Crippen molar-refractivity contribution in [1.29, 1.82) is 0 Å². The molecular weight excluding hydrogens is 358 g/mol. The molecule has 1 aliphatic rings. The Bertz CT molecular complexity index is 896. The van der Waals surface area contributed by atoms with Crippen molar-refractivity contribution in [1.82, 2.24) is 19.7 Å². The summed E-state index contributed by atoms with van der Waals surface area (Å²) in [4.78, 5) is 19.7. The maximum Gasteiger partial charge on any atom is 0.222 e. The van der Waals surface area contributed by atoms with Crippen LogP contribution in [-0.4, -0.2) is 38.7 Å². The second-order valence-corrected chi connectivity index (χ2v) is 7.96. The number of benzene rings is 1. The van der Waals surface area contributed by atoms with Gasteiger partial charge in [0.15, 0.2) is 0 Å². The van der Waals surface area contributed by atoms with Crippen LogP contribution in [0.4, 0.5) is 5.82 Å². The number of anilines is 1. The van der Waals surface area contributed by atoms with E-state index in [1.165, 1.54) is 17.4 Å². The first-order valence-electron chi connectivity index (χ1n) is 9.22. The topological polar surface area (TPSA) is 63.1 Å². The van der Waals surface area contributed by atoms with Gasteiger partial charge < -0.3 is 5.32 Å². The number of thiazole rings is 1. The van der Waals surface area contributed by atoms with Crippen molar-refractivity contribution in [2.75, 3.05) is 18.4 Å². The first kappa shape index (κ1) is 17.9. The molecule has 0 spiro atoms. The standard InChI is InChI=1S/C20H23N5OS/c1-15(26)23-19-7-10-22-25(19)17-8-11-24(12-9-17)14-18-13-21-20(27-18)16-5-3-2-4-6-16/h2-7,10,13,17H,8-9,11-12,14H2,1H3,(H,23,26). The van der Waals surface area contributed by atoms with E-state index < -0.39 is 0 Å². The zero-order valence-electron chi connectivity index (χ0n) is 15.3. The first-order chi connectivity index (χ1) is 13.2. The van der Waals surface area contributed by atoms with Crippen molar-refractivity contribution in [3.63, 3.8) is 0 Å². The zero-order valence-corrected chi connectivity index (χ0v) is 16.2. The average molecular weight is 382 g/mol. The summed E-state index contributed by atoms with van der Waals surface area (Å²) in [5, 5.41) is 8.36. The lowest BCUT2D eigenvalue weighted by atomic mass is 10.1. The monoisotopic (exact) mass is 381 g/mol. The van der Waals surface area contributed by atoms with Gasteiger partial charge in [0.1, 0.15) is 10.8 Å². The van der Waals surface area contributed by atoms with Crippen molar-refractivity contribution in [3.8, 4) is 10.6 Å². The van der Waals surface area contributed by atoms with Gasteiger partial charge in [-0.3, -0.25) is 9.69 Å². The van der Waals surface area contributed by atoms with Gasteiger partial charge in [0, 0.05) is 49.3 Å². The number of likely N-dealkylation sites (tertiary alicyclic amines) is 1. The number of carbonyl (C=O) groups is 1. The zero-order chi connectivity index (χ0) is 18.6. The molecule has 7 heteroatoms. The molecule has 1 aromatic carbocycles. The van der Waals surface area contributed by atoms with E-state index in [2.05, 4.69) is 32.4 Å². The third-order valence-corrected chi connectivity index (χ3v) is 5.86. The summed E-state index contributed by atoms with van der Waals surface area (Å²) in [6.45, 7) is 4.50. The van der Waals surface area contributed by atoms with Crippen molar-refractivity contribution < 1.29 is 4.79 Å². The Hall–Kier alpha value is -2.51. The highest BCUT2D eigenvalue weighted by Crippen LogP contribution is 2.29. The Kier molecular flexibility index (Phi) is 5.31. The molecule has 0 atom stereocenters. The molecule has 27 heavy (non-hydrogen) atoms. The van der Waals surface area contributed by atoms with E-state index in [1.54, 1.807) is 17.5 Å². The van der Waals surface area contributed by atoms with E-state index in [4.69, 9.17) is 0 Å². The summed E-state index contributed by atoms with van der Waals surface area (Å²) in [6.07, 6.45) is 5.80. The van der Waals surface area contributed by atoms with E-state index in [0.717, 1.165) is 43.3 Å². The van der Waals surface area contributed by atoms with Crippen LogP contribution in [0.3, 0.4) is 0 Å². The fourth-order valence-corrected chi connectivity index (χ4v) is 4.48. The molecule has 1 fully saturated rings. The van der Waals surface area contributed by atoms with Gasteiger partial charge in [-0.1, -0.05) is 30.3 Å². The van der Waals surface area contributed by atoms with Crippen molar-refractivity contribution in [3.05, 3.63) is 53.7 Å². The number of piperidine rings is 1. The molecule has 6 nitrogen and oxygen atoms in total. The molecule has 1 N–H and O–H groups in total. The summed E-state index contributed by atoms with van der Waals surface area (Å²) >= 11 is 1.77. The Morgan fingerprint density at radius 1 is 1.22 bits per heavy atom. The van der Waals surface area contributed by atoms with Crippen molar-refractivity contribution in [2.45, 2.75) is 32.4 Å². The van der Waals surface area contributed by atoms with Gasteiger partial charge in [-0.2, -0.15) is 5.10 Å². The van der Waals surface area contributed by atoms with Gasteiger partial charge in [-0.15, -0.1) is 11.3 Å². The maximum absolute atomic E-state index is 11.3. The van der Waals surface area contributed by atoms with Gasteiger partial charge in [0.25, 0.3) is 0 Å². The van der Waals surface area contributed by atoms with Crippen LogP contribution < -0.4 is 5.32 Å². The molecule has 3 heterocycles. The van der Waals surface area contributed by atoms with Crippen LogP contribution in [0.15, 0.2) is 48.8 Å². The number of hydrogen-bond donors (Lipinski definition) is 1. The van der Waals surface area contributed by atoms with Crippen LogP contribution in [0, 0.1) is 0 Å². The molecule has 0 radical (unpaired) electrons. The lowest BCUT2D eigenvalue weighted by Gasteiger charge is -2.32. The molecule has 3 aromatic rings. The number of carbonyl (C=O) groups excluding carboxylic acids is 1. The minimum atomic E-state index is -0.0615. The van der Waals surface area contributed by atoms with E-state index >= 15 is 0 Å². The maximum atomic E-state index is 11.3. The molecular formula is C20H23N5OS.